The van der Waals surface area contributed by atoms with Gasteiger partial charge >= 0.3 is 0 Å². The van der Waals surface area contributed by atoms with Crippen LogP contribution in [0, 0.1) is 0 Å². The van der Waals surface area contributed by atoms with E-state index in [0.717, 1.165) is 5.69 Å². The maximum absolute atomic E-state index is 2.99. The van der Waals surface area contributed by atoms with Crippen molar-refractivity contribution in [3.05, 3.63) is 218 Å². The number of hydrogen-bond donors (Lipinski definition) is 0. The maximum Gasteiger partial charge on any atom is 0.181 e. The highest BCUT2D eigenvalue weighted by atomic mass is 32.1. The van der Waals surface area contributed by atoms with E-state index in [1.54, 1.807) is 0 Å². The molecule has 12 aromatic rings. The van der Waals surface area contributed by atoms with Crippen molar-refractivity contribution < 1.29 is 0 Å². The SMILES string of the molecule is c1ccc(-n2c3ccccc3c3cccc([Si](c4ccccc4)(c4ccccc4)c4ccc(-n5c6ccccc6c6cc7sc8ccccc8c7cc65)cc4)c32)cc1. The van der Waals surface area contributed by atoms with Crippen molar-refractivity contribution in [2.75, 3.05) is 0 Å². The minimum Gasteiger partial charge on any atom is -0.309 e. The van der Waals surface area contributed by atoms with E-state index in [4.69, 9.17) is 0 Å². The molecule has 0 aliphatic rings. The average molecular weight is 773 g/mol. The Morgan fingerprint density at radius 1 is 0.310 bits per heavy atom. The van der Waals surface area contributed by atoms with Gasteiger partial charge in [0.25, 0.3) is 0 Å². The predicted octanol–water partition coefficient (Wildman–Crippen LogP) is 11.6. The monoisotopic (exact) mass is 772 g/mol. The number of fused-ring (bicyclic) bond motifs is 9. The Morgan fingerprint density at radius 3 is 1.52 bits per heavy atom. The second-order valence-electron chi connectivity index (χ2n) is 15.2. The molecule has 0 aliphatic heterocycles. The summed E-state index contributed by atoms with van der Waals surface area (Å²) in [4.78, 5) is 0. The second-order valence-corrected chi connectivity index (χ2v) is 20.1. The van der Waals surface area contributed by atoms with Gasteiger partial charge in [0.1, 0.15) is 0 Å². The Bertz CT molecular complexity index is 3450. The minimum absolute atomic E-state index is 1.16. The van der Waals surface area contributed by atoms with Crippen molar-refractivity contribution in [1.82, 2.24) is 9.13 Å². The summed E-state index contributed by atoms with van der Waals surface area (Å²) in [5, 5.41) is 13.2. The quantitative estimate of drug-likeness (QED) is 0.118. The molecular formula is C54H36N2SSi. The lowest BCUT2D eigenvalue weighted by Crippen LogP contribution is -2.75. The van der Waals surface area contributed by atoms with E-state index in [-0.39, 0.29) is 0 Å². The van der Waals surface area contributed by atoms with Crippen LogP contribution in [-0.4, -0.2) is 17.2 Å². The molecular weight excluding hydrogens is 737 g/mol. The van der Waals surface area contributed by atoms with Crippen LogP contribution in [-0.2, 0) is 0 Å². The van der Waals surface area contributed by atoms with Gasteiger partial charge in [0.2, 0.25) is 0 Å². The molecule has 0 N–H and O–H groups in total. The Kier molecular flexibility index (Phi) is 7.46. The van der Waals surface area contributed by atoms with Gasteiger partial charge in [0.15, 0.2) is 8.07 Å². The fourth-order valence-corrected chi connectivity index (χ4v) is 15.9. The smallest absolute Gasteiger partial charge is 0.181 e. The van der Waals surface area contributed by atoms with Crippen LogP contribution < -0.4 is 20.7 Å². The first-order valence-corrected chi connectivity index (χ1v) is 22.8. The third-order valence-electron chi connectivity index (χ3n) is 12.3. The lowest BCUT2D eigenvalue weighted by molar-refractivity contribution is 1.18. The molecule has 58 heavy (non-hydrogen) atoms. The number of rotatable bonds is 6. The molecule has 12 rings (SSSR count). The Labute approximate surface area is 341 Å². The largest absolute Gasteiger partial charge is 0.309 e. The summed E-state index contributed by atoms with van der Waals surface area (Å²) in [5.74, 6) is 0. The molecule has 0 spiro atoms. The molecule has 0 saturated carbocycles. The molecule has 0 aliphatic carbocycles. The first kappa shape index (κ1) is 33.2. The molecule has 4 heteroatoms. The van der Waals surface area contributed by atoms with Crippen LogP contribution in [0.3, 0.4) is 0 Å². The van der Waals surface area contributed by atoms with Crippen molar-refractivity contribution in [2.24, 2.45) is 0 Å². The first-order chi connectivity index (χ1) is 28.8. The van der Waals surface area contributed by atoms with E-state index in [0.29, 0.717) is 0 Å². The zero-order valence-corrected chi connectivity index (χ0v) is 33.4. The Hall–Kier alpha value is -6.98. The van der Waals surface area contributed by atoms with Crippen molar-refractivity contribution in [2.45, 2.75) is 0 Å². The van der Waals surface area contributed by atoms with E-state index in [2.05, 4.69) is 228 Å². The summed E-state index contributed by atoms with van der Waals surface area (Å²) in [6, 6.07) is 81.6. The van der Waals surface area contributed by atoms with E-state index >= 15 is 0 Å². The highest BCUT2D eigenvalue weighted by Crippen LogP contribution is 2.40. The molecule has 0 saturated heterocycles. The fourth-order valence-electron chi connectivity index (χ4n) is 9.83. The molecule has 0 amide bonds. The van der Waals surface area contributed by atoms with Gasteiger partial charge in [0.05, 0.1) is 22.1 Å². The van der Waals surface area contributed by atoms with Gasteiger partial charge in [-0.1, -0.05) is 164 Å². The summed E-state index contributed by atoms with van der Waals surface area (Å²) in [6.07, 6.45) is 0. The lowest BCUT2D eigenvalue weighted by Gasteiger charge is -2.35. The van der Waals surface area contributed by atoms with Gasteiger partial charge in [-0.3, -0.25) is 0 Å². The van der Waals surface area contributed by atoms with Crippen LogP contribution in [0.5, 0.6) is 0 Å². The van der Waals surface area contributed by atoms with Crippen molar-refractivity contribution in [3.8, 4) is 11.4 Å². The normalized spacial score (nSPS) is 12.1. The standard InChI is InChI=1S/C54H36N2SSi/c1-4-17-37(18-5-1)56-49-28-14-10-23-42(49)45-26-16-30-53(54(45)56)58(39-19-6-2-7-20-39,40-21-8-3-9-22-40)41-33-31-38(32-34-41)55-48-27-13-11-24-43(48)46-36-52-47(35-50(46)55)44-25-12-15-29-51(44)57-52/h1-36H. The van der Waals surface area contributed by atoms with E-state index < -0.39 is 8.07 Å². The molecule has 272 valence electrons. The van der Waals surface area contributed by atoms with Crippen LogP contribution in [0.25, 0.3) is 75.2 Å². The molecule has 0 radical (unpaired) electrons. The lowest BCUT2D eigenvalue weighted by atomic mass is 10.1. The highest BCUT2D eigenvalue weighted by molar-refractivity contribution is 7.26. The summed E-state index contributed by atoms with van der Waals surface area (Å²) < 4.78 is 7.64. The zero-order chi connectivity index (χ0) is 38.2. The van der Waals surface area contributed by atoms with Gasteiger partial charge in [0, 0.05) is 53.1 Å². The summed E-state index contributed by atoms with van der Waals surface area (Å²) >= 11 is 1.88. The minimum atomic E-state index is -2.99. The summed E-state index contributed by atoms with van der Waals surface area (Å²) in [7, 11) is -2.99. The first-order valence-electron chi connectivity index (χ1n) is 19.9. The van der Waals surface area contributed by atoms with Crippen LogP contribution >= 0.6 is 11.3 Å². The molecule has 2 nitrogen and oxygen atoms in total. The number of thiophene rings is 1. The summed E-state index contributed by atoms with van der Waals surface area (Å²) in [5.41, 5.74) is 7.27. The van der Waals surface area contributed by atoms with E-state index in [1.165, 1.54) is 90.2 Å². The molecule has 3 heterocycles. The topological polar surface area (TPSA) is 9.86 Å². The molecule has 0 bridgehead atoms. The van der Waals surface area contributed by atoms with Gasteiger partial charge < -0.3 is 9.13 Å². The third-order valence-corrected chi connectivity index (χ3v) is 18.2. The predicted molar refractivity (Wildman–Crippen MR) is 252 cm³/mol. The number of para-hydroxylation sites is 4. The summed E-state index contributed by atoms with van der Waals surface area (Å²) in [6.45, 7) is 0. The van der Waals surface area contributed by atoms with Crippen molar-refractivity contribution in [3.63, 3.8) is 0 Å². The molecule has 0 fully saturated rings. The number of aromatic nitrogens is 2. The van der Waals surface area contributed by atoms with Crippen molar-refractivity contribution >= 4 is 104 Å². The van der Waals surface area contributed by atoms with Crippen LogP contribution in [0.4, 0.5) is 0 Å². The maximum atomic E-state index is 2.51. The molecule has 9 aromatic carbocycles. The van der Waals surface area contributed by atoms with Crippen molar-refractivity contribution in [1.29, 1.82) is 0 Å². The molecule has 0 unspecified atom stereocenters. The third kappa shape index (κ3) is 4.76. The number of benzene rings is 9. The second kappa shape index (κ2) is 13.0. The fraction of sp³-hybridized carbons (Fsp3) is 0. The zero-order valence-electron chi connectivity index (χ0n) is 31.6. The number of nitrogens with zero attached hydrogens (tertiary/aromatic N) is 2. The Morgan fingerprint density at radius 2 is 0.828 bits per heavy atom. The molecule has 3 aromatic heterocycles. The average Bonchev–Trinajstić information content (AvgIpc) is 3.95. The van der Waals surface area contributed by atoms with Gasteiger partial charge in [-0.15, -0.1) is 11.3 Å². The molecule has 0 atom stereocenters. The Balaban J connectivity index is 1.16. The highest BCUT2D eigenvalue weighted by Gasteiger charge is 2.43. The van der Waals surface area contributed by atoms with Crippen LogP contribution in [0.2, 0.25) is 0 Å². The number of hydrogen-bond acceptors (Lipinski definition) is 1. The van der Waals surface area contributed by atoms with Gasteiger partial charge in [-0.2, -0.15) is 0 Å². The van der Waals surface area contributed by atoms with Crippen LogP contribution in [0.15, 0.2) is 218 Å². The van der Waals surface area contributed by atoms with Gasteiger partial charge in [-0.05, 0) is 75.3 Å². The van der Waals surface area contributed by atoms with Gasteiger partial charge in [-0.25, -0.2) is 0 Å². The van der Waals surface area contributed by atoms with E-state index in [9.17, 15) is 0 Å². The van der Waals surface area contributed by atoms with Crippen LogP contribution in [0.1, 0.15) is 0 Å². The van der Waals surface area contributed by atoms with E-state index in [1.807, 2.05) is 11.3 Å².